The molecule has 0 spiro atoms. The SMILES string of the molecule is C=C/C=C\C=C(/C=C)S(=O)O. The molecular formula is C8H10O2S. The molecule has 0 aromatic heterocycles. The van der Waals surface area contributed by atoms with E-state index in [4.69, 9.17) is 4.55 Å². The summed E-state index contributed by atoms with van der Waals surface area (Å²) < 4.78 is 19.0. The Hall–Kier alpha value is -0.930. The summed E-state index contributed by atoms with van der Waals surface area (Å²) in [6, 6.07) is 0. The molecule has 0 saturated heterocycles. The highest BCUT2D eigenvalue weighted by molar-refractivity contribution is 7.83. The van der Waals surface area contributed by atoms with Crippen molar-refractivity contribution in [2.75, 3.05) is 0 Å². The van der Waals surface area contributed by atoms with E-state index in [9.17, 15) is 4.21 Å². The van der Waals surface area contributed by atoms with Crippen LogP contribution in [0.5, 0.6) is 0 Å². The average Bonchev–Trinajstić information content (AvgIpc) is 1.97. The van der Waals surface area contributed by atoms with Gasteiger partial charge < -0.3 is 4.55 Å². The van der Waals surface area contributed by atoms with Crippen LogP contribution in [-0.2, 0) is 11.1 Å². The Morgan fingerprint density at radius 3 is 2.36 bits per heavy atom. The molecule has 1 atom stereocenters. The first-order chi connectivity index (χ1) is 5.22. The van der Waals surface area contributed by atoms with E-state index in [1.807, 2.05) is 0 Å². The van der Waals surface area contributed by atoms with Crippen LogP contribution in [0.1, 0.15) is 0 Å². The maximum absolute atomic E-state index is 10.4. The van der Waals surface area contributed by atoms with Crippen LogP contribution in [0.3, 0.4) is 0 Å². The van der Waals surface area contributed by atoms with Gasteiger partial charge in [0.05, 0.1) is 4.91 Å². The molecule has 3 heteroatoms. The summed E-state index contributed by atoms with van der Waals surface area (Å²) in [6.07, 6.45) is 7.71. The molecule has 0 rings (SSSR count). The molecule has 0 aliphatic carbocycles. The van der Waals surface area contributed by atoms with E-state index in [1.165, 1.54) is 12.2 Å². The molecule has 0 heterocycles. The molecule has 0 amide bonds. The predicted molar refractivity (Wildman–Crippen MR) is 48.4 cm³/mol. The fourth-order valence-corrected chi connectivity index (χ4v) is 0.764. The maximum Gasteiger partial charge on any atom is 0.186 e. The second-order valence-electron chi connectivity index (χ2n) is 1.64. The van der Waals surface area contributed by atoms with E-state index in [0.29, 0.717) is 0 Å². The van der Waals surface area contributed by atoms with E-state index in [0.717, 1.165) is 0 Å². The van der Waals surface area contributed by atoms with Crippen LogP contribution < -0.4 is 0 Å². The third kappa shape index (κ3) is 4.47. The standard InChI is InChI=1S/C8H10O2S/c1-3-5-6-7-8(4-2)11(9)10/h3-7H,1-2H2,(H,9,10)/b6-5-,8-7+. The largest absolute Gasteiger partial charge is 0.302 e. The van der Waals surface area contributed by atoms with Gasteiger partial charge in [0.1, 0.15) is 0 Å². The Labute approximate surface area is 68.9 Å². The highest BCUT2D eigenvalue weighted by Crippen LogP contribution is 1.99. The zero-order valence-corrected chi connectivity index (χ0v) is 6.88. The maximum atomic E-state index is 10.4. The van der Waals surface area contributed by atoms with Crippen LogP contribution in [0.15, 0.2) is 48.4 Å². The zero-order valence-electron chi connectivity index (χ0n) is 6.06. The minimum absolute atomic E-state index is 0.281. The lowest BCUT2D eigenvalue weighted by atomic mass is 10.4. The van der Waals surface area contributed by atoms with Gasteiger partial charge in [-0.3, -0.25) is 0 Å². The Morgan fingerprint density at radius 1 is 1.36 bits per heavy atom. The van der Waals surface area contributed by atoms with Crippen molar-refractivity contribution in [1.82, 2.24) is 0 Å². The van der Waals surface area contributed by atoms with Crippen LogP contribution in [0.25, 0.3) is 0 Å². The molecule has 0 fully saturated rings. The quantitative estimate of drug-likeness (QED) is 0.517. The molecule has 1 unspecified atom stereocenters. The predicted octanol–water partition coefficient (Wildman–Crippen LogP) is 2.02. The molecule has 0 saturated carbocycles. The first kappa shape index (κ1) is 10.1. The van der Waals surface area contributed by atoms with E-state index in [2.05, 4.69) is 13.2 Å². The van der Waals surface area contributed by atoms with Gasteiger partial charge in [-0.05, 0) is 6.08 Å². The summed E-state index contributed by atoms with van der Waals surface area (Å²) in [4.78, 5) is 0.281. The number of rotatable bonds is 4. The highest BCUT2D eigenvalue weighted by atomic mass is 32.2. The molecule has 0 aromatic rings. The zero-order chi connectivity index (χ0) is 8.69. The number of hydrogen-bond acceptors (Lipinski definition) is 1. The van der Waals surface area contributed by atoms with Crippen LogP contribution >= 0.6 is 0 Å². The van der Waals surface area contributed by atoms with Crippen molar-refractivity contribution in [3.63, 3.8) is 0 Å². The van der Waals surface area contributed by atoms with Crippen molar-refractivity contribution in [3.8, 4) is 0 Å². The van der Waals surface area contributed by atoms with Gasteiger partial charge in [-0.2, -0.15) is 0 Å². The van der Waals surface area contributed by atoms with Gasteiger partial charge in [0.2, 0.25) is 0 Å². The van der Waals surface area contributed by atoms with Crippen molar-refractivity contribution < 1.29 is 8.76 Å². The summed E-state index contributed by atoms with van der Waals surface area (Å²) in [5.41, 5.74) is 0. The third-order valence-corrected chi connectivity index (χ3v) is 1.62. The van der Waals surface area contributed by atoms with Crippen molar-refractivity contribution in [2.24, 2.45) is 0 Å². The van der Waals surface area contributed by atoms with Gasteiger partial charge in [-0.25, -0.2) is 4.21 Å². The van der Waals surface area contributed by atoms with Crippen LogP contribution in [-0.4, -0.2) is 8.76 Å². The first-order valence-corrected chi connectivity index (χ1v) is 4.05. The molecule has 1 N–H and O–H groups in total. The summed E-state index contributed by atoms with van der Waals surface area (Å²) >= 11 is -1.95. The Bertz CT molecular complexity index is 226. The van der Waals surface area contributed by atoms with Crippen LogP contribution in [0.2, 0.25) is 0 Å². The molecule has 0 radical (unpaired) electrons. The minimum atomic E-state index is -1.95. The summed E-state index contributed by atoms with van der Waals surface area (Å²) in [7, 11) is 0. The molecular weight excluding hydrogens is 160 g/mol. The van der Waals surface area contributed by atoms with Crippen molar-refractivity contribution >= 4 is 11.1 Å². The number of allylic oxidation sites excluding steroid dienone is 5. The van der Waals surface area contributed by atoms with Gasteiger partial charge in [0, 0.05) is 0 Å². The fourth-order valence-electron chi connectivity index (χ4n) is 0.426. The Balaban J connectivity index is 4.35. The van der Waals surface area contributed by atoms with E-state index in [1.54, 1.807) is 18.2 Å². The summed E-state index contributed by atoms with van der Waals surface area (Å²) in [5, 5.41) is 0. The van der Waals surface area contributed by atoms with Crippen molar-refractivity contribution in [3.05, 3.63) is 48.4 Å². The highest BCUT2D eigenvalue weighted by Gasteiger charge is 1.94. The lowest BCUT2D eigenvalue weighted by Crippen LogP contribution is -1.87. The second-order valence-corrected chi connectivity index (χ2v) is 2.61. The minimum Gasteiger partial charge on any atom is -0.302 e. The Kier molecular flexibility index (Phi) is 5.33. The van der Waals surface area contributed by atoms with Gasteiger partial charge in [0.25, 0.3) is 0 Å². The average molecular weight is 170 g/mol. The first-order valence-electron chi connectivity index (χ1n) is 2.95. The summed E-state index contributed by atoms with van der Waals surface area (Å²) in [5.74, 6) is 0. The Morgan fingerprint density at radius 2 is 2.00 bits per heavy atom. The lowest BCUT2D eigenvalue weighted by molar-refractivity contribution is 0.572. The van der Waals surface area contributed by atoms with Crippen molar-refractivity contribution in [1.29, 1.82) is 0 Å². The van der Waals surface area contributed by atoms with Crippen LogP contribution in [0, 0.1) is 0 Å². The molecule has 0 aliphatic heterocycles. The molecule has 2 nitrogen and oxygen atoms in total. The molecule has 11 heavy (non-hydrogen) atoms. The molecule has 0 bridgehead atoms. The topological polar surface area (TPSA) is 37.3 Å². The van der Waals surface area contributed by atoms with Crippen molar-refractivity contribution in [2.45, 2.75) is 0 Å². The van der Waals surface area contributed by atoms with E-state index < -0.39 is 11.1 Å². The molecule has 0 aliphatic rings. The molecule has 60 valence electrons. The van der Waals surface area contributed by atoms with Crippen LogP contribution in [0.4, 0.5) is 0 Å². The summed E-state index contributed by atoms with van der Waals surface area (Å²) in [6.45, 7) is 6.83. The van der Waals surface area contributed by atoms with Gasteiger partial charge in [-0.1, -0.05) is 37.5 Å². The lowest BCUT2D eigenvalue weighted by Gasteiger charge is -1.89. The number of hydrogen-bond donors (Lipinski definition) is 1. The van der Waals surface area contributed by atoms with Gasteiger partial charge in [0.15, 0.2) is 11.1 Å². The normalized spacial score (nSPS) is 14.8. The smallest absolute Gasteiger partial charge is 0.186 e. The fraction of sp³-hybridized carbons (Fsp3) is 0. The van der Waals surface area contributed by atoms with E-state index >= 15 is 0 Å². The molecule has 0 aromatic carbocycles. The second kappa shape index (κ2) is 5.82. The third-order valence-electron chi connectivity index (χ3n) is 0.911. The monoisotopic (exact) mass is 170 g/mol. The van der Waals surface area contributed by atoms with E-state index in [-0.39, 0.29) is 4.91 Å². The van der Waals surface area contributed by atoms with Gasteiger partial charge >= 0.3 is 0 Å². The van der Waals surface area contributed by atoms with Gasteiger partial charge in [-0.15, -0.1) is 0 Å².